The minimum absolute atomic E-state index is 0.956. The van der Waals surface area contributed by atoms with Crippen molar-refractivity contribution in [2.45, 2.75) is 33.2 Å². The van der Waals surface area contributed by atoms with Gasteiger partial charge in [-0.1, -0.05) is 0 Å². The van der Waals surface area contributed by atoms with Gasteiger partial charge in [-0.3, -0.25) is 4.68 Å². The van der Waals surface area contributed by atoms with Crippen molar-refractivity contribution in [3.05, 3.63) is 15.9 Å². The molecule has 1 aliphatic carbocycles. The molecule has 1 heterocycles. The smallest absolute Gasteiger partial charge is 0.0738 e. The summed E-state index contributed by atoms with van der Waals surface area (Å²) in [5, 5.41) is 7.95. The van der Waals surface area contributed by atoms with Gasteiger partial charge in [-0.25, -0.2) is 0 Å². The average Bonchev–Trinajstić information content (AvgIpc) is 3.00. The van der Waals surface area contributed by atoms with Gasteiger partial charge >= 0.3 is 0 Å². The lowest BCUT2D eigenvalue weighted by molar-refractivity contribution is 0.531. The number of hydrogen-bond donors (Lipinski definition) is 1. The first-order chi connectivity index (χ1) is 7.18. The van der Waals surface area contributed by atoms with Crippen LogP contribution in [0.2, 0.25) is 0 Å². The molecule has 2 rings (SSSR count). The summed E-state index contributed by atoms with van der Waals surface area (Å²) in [4.78, 5) is 0. The van der Waals surface area contributed by atoms with E-state index in [1.54, 1.807) is 0 Å². The Morgan fingerprint density at radius 3 is 2.73 bits per heavy atom. The number of nitrogens with zero attached hydrogens (tertiary/aromatic N) is 2. The van der Waals surface area contributed by atoms with E-state index in [1.807, 2.05) is 6.92 Å². The van der Waals surface area contributed by atoms with Gasteiger partial charge in [0.15, 0.2) is 0 Å². The molecule has 0 amide bonds. The van der Waals surface area contributed by atoms with Crippen LogP contribution in [0.1, 0.15) is 24.2 Å². The largest absolute Gasteiger partial charge is 0.315 e. The highest BCUT2D eigenvalue weighted by atomic mass is 79.9. The molecule has 0 aromatic carbocycles. The molecule has 84 valence electrons. The second-order valence-electron chi connectivity index (χ2n) is 4.36. The lowest BCUT2D eigenvalue weighted by atomic mass is 10.4. The predicted molar refractivity (Wildman–Crippen MR) is 65.0 cm³/mol. The second kappa shape index (κ2) is 4.66. The Morgan fingerprint density at radius 1 is 1.47 bits per heavy atom. The van der Waals surface area contributed by atoms with Crippen molar-refractivity contribution in [2.24, 2.45) is 5.92 Å². The SMILES string of the molecule is Cc1nn(CCNCC2CC2)c(C)c1Br. The van der Waals surface area contributed by atoms with Crippen molar-refractivity contribution in [3.63, 3.8) is 0 Å². The van der Waals surface area contributed by atoms with E-state index in [1.165, 1.54) is 25.1 Å². The van der Waals surface area contributed by atoms with Crippen molar-refractivity contribution in [1.29, 1.82) is 0 Å². The summed E-state index contributed by atoms with van der Waals surface area (Å²) in [6.45, 7) is 7.30. The number of rotatable bonds is 5. The minimum atomic E-state index is 0.956. The standard InChI is InChI=1S/C11H18BrN3/c1-8-11(12)9(2)15(14-8)6-5-13-7-10-3-4-10/h10,13H,3-7H2,1-2H3. The first kappa shape index (κ1) is 11.1. The molecule has 0 aliphatic heterocycles. The van der Waals surface area contributed by atoms with Gasteiger partial charge in [-0.2, -0.15) is 5.10 Å². The quantitative estimate of drug-likeness (QED) is 0.833. The Bertz CT molecular complexity index is 342. The normalized spacial score (nSPS) is 15.9. The first-order valence-corrected chi connectivity index (χ1v) is 6.38. The van der Waals surface area contributed by atoms with Crippen LogP contribution < -0.4 is 5.32 Å². The topological polar surface area (TPSA) is 29.9 Å². The fourth-order valence-electron chi connectivity index (χ4n) is 1.71. The van der Waals surface area contributed by atoms with Crippen LogP contribution >= 0.6 is 15.9 Å². The number of aryl methyl sites for hydroxylation is 1. The third kappa shape index (κ3) is 2.82. The van der Waals surface area contributed by atoms with E-state index in [2.05, 4.69) is 38.0 Å². The van der Waals surface area contributed by atoms with Gasteiger partial charge in [0.2, 0.25) is 0 Å². The van der Waals surface area contributed by atoms with Crippen LogP contribution in [0.4, 0.5) is 0 Å². The van der Waals surface area contributed by atoms with Gasteiger partial charge in [0.1, 0.15) is 0 Å². The van der Waals surface area contributed by atoms with Gasteiger partial charge < -0.3 is 5.32 Å². The number of hydrogen-bond acceptors (Lipinski definition) is 2. The maximum atomic E-state index is 4.47. The molecule has 1 aliphatic rings. The zero-order chi connectivity index (χ0) is 10.8. The molecule has 0 unspecified atom stereocenters. The summed E-state index contributed by atoms with van der Waals surface area (Å²) in [6.07, 6.45) is 2.83. The average molecular weight is 272 g/mol. The minimum Gasteiger partial charge on any atom is -0.315 e. The van der Waals surface area contributed by atoms with Crippen LogP contribution in [0.3, 0.4) is 0 Å². The molecule has 1 N–H and O–H groups in total. The Labute approximate surface area is 99.4 Å². The third-order valence-corrected chi connectivity index (χ3v) is 4.07. The van der Waals surface area contributed by atoms with Crippen LogP contribution in [-0.4, -0.2) is 22.9 Å². The van der Waals surface area contributed by atoms with E-state index in [-0.39, 0.29) is 0 Å². The van der Waals surface area contributed by atoms with E-state index in [0.717, 1.165) is 29.2 Å². The maximum Gasteiger partial charge on any atom is 0.0738 e. The lowest BCUT2D eigenvalue weighted by Crippen LogP contribution is -2.23. The van der Waals surface area contributed by atoms with Crippen molar-refractivity contribution in [3.8, 4) is 0 Å². The Morgan fingerprint density at radius 2 is 2.20 bits per heavy atom. The van der Waals surface area contributed by atoms with Crippen molar-refractivity contribution in [2.75, 3.05) is 13.1 Å². The van der Waals surface area contributed by atoms with Gasteiger partial charge in [0.25, 0.3) is 0 Å². The van der Waals surface area contributed by atoms with E-state index >= 15 is 0 Å². The Balaban J connectivity index is 1.79. The molecule has 0 atom stereocenters. The highest BCUT2D eigenvalue weighted by Gasteiger charge is 2.20. The maximum absolute atomic E-state index is 4.47. The van der Waals surface area contributed by atoms with E-state index in [0.29, 0.717) is 0 Å². The van der Waals surface area contributed by atoms with Crippen LogP contribution in [0.15, 0.2) is 4.47 Å². The van der Waals surface area contributed by atoms with Crippen LogP contribution in [0, 0.1) is 19.8 Å². The monoisotopic (exact) mass is 271 g/mol. The molecule has 15 heavy (non-hydrogen) atoms. The summed E-state index contributed by atoms with van der Waals surface area (Å²) in [7, 11) is 0. The second-order valence-corrected chi connectivity index (χ2v) is 5.15. The van der Waals surface area contributed by atoms with Gasteiger partial charge in [0, 0.05) is 12.2 Å². The summed E-state index contributed by atoms with van der Waals surface area (Å²) in [6, 6.07) is 0. The third-order valence-electron chi connectivity index (χ3n) is 2.92. The molecule has 0 saturated heterocycles. The van der Waals surface area contributed by atoms with Crippen molar-refractivity contribution in [1.82, 2.24) is 15.1 Å². The van der Waals surface area contributed by atoms with Crippen LogP contribution in [0.25, 0.3) is 0 Å². The van der Waals surface area contributed by atoms with Crippen molar-refractivity contribution < 1.29 is 0 Å². The zero-order valence-corrected chi connectivity index (χ0v) is 11.0. The van der Waals surface area contributed by atoms with Crippen LogP contribution in [-0.2, 0) is 6.54 Å². The molecular weight excluding hydrogens is 254 g/mol. The highest BCUT2D eigenvalue weighted by Crippen LogP contribution is 2.27. The Kier molecular flexibility index (Phi) is 3.46. The molecule has 1 saturated carbocycles. The number of aromatic nitrogens is 2. The lowest BCUT2D eigenvalue weighted by Gasteiger charge is -2.05. The van der Waals surface area contributed by atoms with Crippen molar-refractivity contribution >= 4 is 15.9 Å². The van der Waals surface area contributed by atoms with Crippen LogP contribution in [0.5, 0.6) is 0 Å². The Hall–Kier alpha value is -0.350. The molecule has 0 bridgehead atoms. The molecule has 3 nitrogen and oxygen atoms in total. The number of nitrogens with one attached hydrogen (secondary N) is 1. The highest BCUT2D eigenvalue weighted by molar-refractivity contribution is 9.10. The van der Waals surface area contributed by atoms with E-state index in [9.17, 15) is 0 Å². The molecule has 0 radical (unpaired) electrons. The molecular formula is C11H18BrN3. The van der Waals surface area contributed by atoms with Gasteiger partial charge in [-0.05, 0) is 55.1 Å². The molecule has 1 aromatic heterocycles. The number of halogens is 1. The fourth-order valence-corrected chi connectivity index (χ4v) is 1.99. The molecule has 4 heteroatoms. The molecule has 0 spiro atoms. The molecule has 1 fully saturated rings. The predicted octanol–water partition coefficient (Wildman–Crippen LogP) is 2.26. The summed E-state index contributed by atoms with van der Waals surface area (Å²) in [5.41, 5.74) is 2.30. The van der Waals surface area contributed by atoms with E-state index < -0.39 is 0 Å². The zero-order valence-electron chi connectivity index (χ0n) is 9.39. The van der Waals surface area contributed by atoms with E-state index in [4.69, 9.17) is 0 Å². The molecule has 1 aromatic rings. The van der Waals surface area contributed by atoms with Gasteiger partial charge in [-0.15, -0.1) is 0 Å². The summed E-state index contributed by atoms with van der Waals surface area (Å²) >= 11 is 3.54. The summed E-state index contributed by atoms with van der Waals surface area (Å²) in [5.74, 6) is 0.956. The first-order valence-electron chi connectivity index (χ1n) is 5.58. The summed E-state index contributed by atoms with van der Waals surface area (Å²) < 4.78 is 3.21. The fraction of sp³-hybridized carbons (Fsp3) is 0.727. The van der Waals surface area contributed by atoms with Gasteiger partial charge in [0.05, 0.1) is 16.7 Å².